The van der Waals surface area contributed by atoms with Gasteiger partial charge in [0.2, 0.25) is 0 Å². The van der Waals surface area contributed by atoms with E-state index in [0.717, 1.165) is 22.4 Å². The smallest absolute Gasteiger partial charge is 0.188 e. The third-order valence-corrected chi connectivity index (χ3v) is 3.92. The Morgan fingerprint density at radius 2 is 2.21 bits per heavy atom. The lowest BCUT2D eigenvalue weighted by molar-refractivity contribution is 0.425. The van der Waals surface area contributed by atoms with E-state index in [9.17, 15) is 0 Å². The van der Waals surface area contributed by atoms with Crippen molar-refractivity contribution in [1.82, 2.24) is 0 Å². The Kier molecular flexibility index (Phi) is 3.98. The Bertz CT molecular complexity index is 304. The van der Waals surface area contributed by atoms with Crippen LogP contribution in [0.25, 0.3) is 0 Å². The lowest BCUT2D eigenvalue weighted by Crippen LogP contribution is -2.32. The Morgan fingerprint density at radius 1 is 1.57 bits per heavy atom. The van der Waals surface area contributed by atoms with Crippen LogP contribution >= 0.6 is 27.3 Å². The lowest BCUT2D eigenvalue weighted by atomic mass is 10.00. The summed E-state index contributed by atoms with van der Waals surface area (Å²) >= 11 is 5.13. The second-order valence-electron chi connectivity index (χ2n) is 4.04. The fourth-order valence-corrected chi connectivity index (χ4v) is 2.80. The monoisotopic (exact) mass is 277 g/mol. The van der Waals surface area contributed by atoms with Gasteiger partial charge in [-0.1, -0.05) is 0 Å². The molecular formula is C10H16BrNOS. The number of ether oxygens (including phenoxy) is 1. The summed E-state index contributed by atoms with van der Waals surface area (Å²) in [5.41, 5.74) is 5.83. The van der Waals surface area contributed by atoms with E-state index in [-0.39, 0.29) is 5.54 Å². The number of nitrogens with two attached hydrogens (primary N) is 1. The van der Waals surface area contributed by atoms with Crippen molar-refractivity contribution in [2.24, 2.45) is 5.73 Å². The van der Waals surface area contributed by atoms with Gasteiger partial charge in [0, 0.05) is 10.4 Å². The van der Waals surface area contributed by atoms with Crippen LogP contribution in [0.4, 0.5) is 0 Å². The van der Waals surface area contributed by atoms with E-state index in [0.29, 0.717) is 0 Å². The van der Waals surface area contributed by atoms with Gasteiger partial charge in [-0.25, -0.2) is 0 Å². The second-order valence-corrected chi connectivity index (χ2v) is 5.99. The molecule has 0 aromatic carbocycles. The summed E-state index contributed by atoms with van der Waals surface area (Å²) in [5.74, 6) is 0. The fraction of sp³-hybridized carbons (Fsp3) is 0.600. The van der Waals surface area contributed by atoms with Gasteiger partial charge in [-0.2, -0.15) is 0 Å². The number of thiophene rings is 1. The summed E-state index contributed by atoms with van der Waals surface area (Å²) in [4.78, 5) is 1.31. The quantitative estimate of drug-likeness (QED) is 0.918. The van der Waals surface area contributed by atoms with Gasteiger partial charge in [0.05, 0.1) is 11.6 Å². The zero-order valence-electron chi connectivity index (χ0n) is 8.76. The predicted octanol–water partition coefficient (Wildman–Crippen LogP) is 3.19. The van der Waals surface area contributed by atoms with Crippen LogP contribution in [0.5, 0.6) is 5.06 Å². The molecule has 0 bridgehead atoms. The predicted molar refractivity (Wildman–Crippen MR) is 65.2 cm³/mol. The van der Waals surface area contributed by atoms with Crippen LogP contribution in [0.3, 0.4) is 0 Å². The highest BCUT2D eigenvalue weighted by Gasteiger charge is 2.13. The van der Waals surface area contributed by atoms with E-state index in [4.69, 9.17) is 10.5 Å². The molecule has 14 heavy (non-hydrogen) atoms. The number of hydrogen-bond donors (Lipinski definition) is 1. The highest BCUT2D eigenvalue weighted by molar-refractivity contribution is 9.10. The normalized spacial score (nSPS) is 11.8. The molecule has 0 saturated heterocycles. The fourth-order valence-electron chi connectivity index (χ4n) is 1.11. The average Bonchev–Trinajstić information content (AvgIpc) is 2.42. The largest absolute Gasteiger partial charge is 0.486 e. The van der Waals surface area contributed by atoms with Gasteiger partial charge in [-0.05, 0) is 48.7 Å². The van der Waals surface area contributed by atoms with Crippen molar-refractivity contribution in [3.63, 3.8) is 0 Å². The number of halogens is 1. The first-order chi connectivity index (χ1) is 6.42. The minimum atomic E-state index is -0.0936. The summed E-state index contributed by atoms with van der Waals surface area (Å²) in [7, 11) is 1.69. The third-order valence-electron chi connectivity index (χ3n) is 1.91. The van der Waals surface area contributed by atoms with Crippen molar-refractivity contribution in [3.8, 4) is 5.06 Å². The molecule has 0 unspecified atom stereocenters. The molecule has 1 aromatic rings. The minimum absolute atomic E-state index is 0.0936. The number of methoxy groups -OCH3 is 1. The van der Waals surface area contributed by atoms with E-state index in [1.807, 2.05) is 13.8 Å². The standard InChI is InChI=1S/C10H16BrNOS/c1-10(2,12)5-4-7-6-8(11)9(13-3)14-7/h6H,4-5,12H2,1-3H3. The summed E-state index contributed by atoms with van der Waals surface area (Å²) in [6, 6.07) is 2.11. The van der Waals surface area contributed by atoms with Gasteiger partial charge in [-0.15, -0.1) is 11.3 Å². The van der Waals surface area contributed by atoms with Crippen LogP contribution in [0.1, 0.15) is 25.1 Å². The van der Waals surface area contributed by atoms with Crippen molar-refractivity contribution in [2.75, 3.05) is 7.11 Å². The zero-order valence-corrected chi connectivity index (χ0v) is 11.2. The van der Waals surface area contributed by atoms with Crippen LogP contribution in [0.2, 0.25) is 0 Å². The highest BCUT2D eigenvalue weighted by atomic mass is 79.9. The molecule has 0 aliphatic rings. The van der Waals surface area contributed by atoms with Gasteiger partial charge in [0.1, 0.15) is 0 Å². The van der Waals surface area contributed by atoms with Crippen molar-refractivity contribution < 1.29 is 4.74 Å². The van der Waals surface area contributed by atoms with Crippen LogP contribution in [-0.4, -0.2) is 12.6 Å². The molecule has 1 rings (SSSR count). The SMILES string of the molecule is COc1sc(CCC(C)(C)N)cc1Br. The second kappa shape index (κ2) is 4.64. The number of rotatable bonds is 4. The lowest BCUT2D eigenvalue weighted by Gasteiger charge is -2.17. The van der Waals surface area contributed by atoms with E-state index >= 15 is 0 Å². The number of hydrogen-bond acceptors (Lipinski definition) is 3. The van der Waals surface area contributed by atoms with Gasteiger partial charge in [0.25, 0.3) is 0 Å². The zero-order chi connectivity index (χ0) is 10.8. The molecule has 2 N–H and O–H groups in total. The van der Waals surface area contributed by atoms with Crippen LogP contribution in [0.15, 0.2) is 10.5 Å². The molecule has 4 heteroatoms. The first kappa shape index (κ1) is 12.0. The first-order valence-corrected chi connectivity index (χ1v) is 6.14. The summed E-state index contributed by atoms with van der Waals surface area (Å²) in [5, 5.41) is 0.940. The molecule has 1 aromatic heterocycles. The van der Waals surface area contributed by atoms with Crippen molar-refractivity contribution in [2.45, 2.75) is 32.2 Å². The van der Waals surface area contributed by atoms with Crippen molar-refractivity contribution >= 4 is 27.3 Å². The van der Waals surface area contributed by atoms with Crippen LogP contribution in [-0.2, 0) is 6.42 Å². The maximum Gasteiger partial charge on any atom is 0.188 e. The van der Waals surface area contributed by atoms with Crippen LogP contribution < -0.4 is 10.5 Å². The number of aryl methyl sites for hydroxylation is 1. The van der Waals surface area contributed by atoms with Gasteiger partial charge >= 0.3 is 0 Å². The third kappa shape index (κ3) is 3.59. The Balaban J connectivity index is 2.60. The van der Waals surface area contributed by atoms with Gasteiger partial charge in [0.15, 0.2) is 5.06 Å². The van der Waals surface area contributed by atoms with Gasteiger partial charge < -0.3 is 10.5 Å². The molecule has 80 valence electrons. The molecule has 2 nitrogen and oxygen atoms in total. The summed E-state index contributed by atoms with van der Waals surface area (Å²) in [6.07, 6.45) is 2.00. The molecule has 0 radical (unpaired) electrons. The molecule has 0 spiro atoms. The van der Waals surface area contributed by atoms with E-state index in [1.54, 1.807) is 18.4 Å². The molecular weight excluding hydrogens is 262 g/mol. The average molecular weight is 278 g/mol. The van der Waals surface area contributed by atoms with E-state index < -0.39 is 0 Å². The topological polar surface area (TPSA) is 35.2 Å². The molecule has 1 heterocycles. The van der Waals surface area contributed by atoms with Crippen molar-refractivity contribution in [3.05, 3.63) is 15.4 Å². The summed E-state index contributed by atoms with van der Waals surface area (Å²) < 4.78 is 6.23. The molecule has 0 amide bonds. The van der Waals surface area contributed by atoms with E-state index in [2.05, 4.69) is 22.0 Å². The van der Waals surface area contributed by atoms with Gasteiger partial charge in [-0.3, -0.25) is 0 Å². The highest BCUT2D eigenvalue weighted by Crippen LogP contribution is 2.35. The Morgan fingerprint density at radius 3 is 2.64 bits per heavy atom. The maximum atomic E-state index is 5.92. The van der Waals surface area contributed by atoms with Crippen molar-refractivity contribution in [1.29, 1.82) is 0 Å². The maximum absolute atomic E-state index is 5.92. The summed E-state index contributed by atoms with van der Waals surface area (Å²) in [6.45, 7) is 4.10. The Labute approximate surface area is 97.6 Å². The van der Waals surface area contributed by atoms with E-state index in [1.165, 1.54) is 4.88 Å². The molecule has 0 fully saturated rings. The minimum Gasteiger partial charge on any atom is -0.486 e. The van der Waals surface area contributed by atoms with Crippen LogP contribution in [0, 0.1) is 0 Å². The first-order valence-electron chi connectivity index (χ1n) is 4.53. The molecule has 0 aliphatic carbocycles. The Hall–Kier alpha value is -0.0600. The molecule has 0 atom stereocenters. The molecule has 0 saturated carbocycles. The molecule has 0 aliphatic heterocycles.